The molecule has 0 fully saturated rings. The Kier molecular flexibility index (Phi) is 4.60. The van der Waals surface area contributed by atoms with Crippen LogP contribution in [0.25, 0.3) is 0 Å². The number of benzene rings is 2. The molecule has 0 radical (unpaired) electrons. The third-order valence-corrected chi connectivity index (χ3v) is 3.31. The van der Waals surface area contributed by atoms with Gasteiger partial charge < -0.3 is 15.5 Å². The second-order valence-electron chi connectivity index (χ2n) is 5.24. The number of halogens is 3. The van der Waals surface area contributed by atoms with E-state index in [1.165, 1.54) is 6.92 Å². The molecule has 2 rings (SSSR count). The van der Waals surface area contributed by atoms with Gasteiger partial charge in [0.15, 0.2) is 0 Å². The molecule has 0 bridgehead atoms. The smallest absolute Gasteiger partial charge is 0.255 e. The minimum absolute atomic E-state index is 0.206. The van der Waals surface area contributed by atoms with Crippen LogP contribution in [0.2, 0.25) is 0 Å². The number of aliphatic hydroxyl groups is 1. The molecule has 0 aliphatic carbocycles. The van der Waals surface area contributed by atoms with Crippen molar-refractivity contribution in [2.45, 2.75) is 12.5 Å². The van der Waals surface area contributed by atoms with Gasteiger partial charge in [-0.05, 0) is 31.2 Å². The van der Waals surface area contributed by atoms with Crippen LogP contribution in [0, 0.1) is 17.5 Å². The SMILES string of the molecule is CC(O)(CNC(=O)c1cc(F)ccc1O)c1ccc(F)cc1F. The van der Waals surface area contributed by atoms with Gasteiger partial charge in [-0.3, -0.25) is 4.79 Å². The van der Waals surface area contributed by atoms with Crippen molar-refractivity contribution in [1.82, 2.24) is 5.32 Å². The molecule has 0 aliphatic heterocycles. The molecule has 0 saturated heterocycles. The molecule has 3 N–H and O–H groups in total. The van der Waals surface area contributed by atoms with Gasteiger partial charge in [0.1, 0.15) is 28.8 Å². The summed E-state index contributed by atoms with van der Waals surface area (Å²) in [5.74, 6) is -3.75. The van der Waals surface area contributed by atoms with Crippen molar-refractivity contribution in [3.63, 3.8) is 0 Å². The number of aromatic hydroxyl groups is 1. The molecular weight excluding hydrogens is 311 g/mol. The van der Waals surface area contributed by atoms with Gasteiger partial charge in [0.2, 0.25) is 0 Å². The second-order valence-corrected chi connectivity index (χ2v) is 5.24. The highest BCUT2D eigenvalue weighted by Gasteiger charge is 2.28. The van der Waals surface area contributed by atoms with Crippen LogP contribution in [-0.4, -0.2) is 22.7 Å². The van der Waals surface area contributed by atoms with E-state index in [-0.39, 0.29) is 11.1 Å². The maximum Gasteiger partial charge on any atom is 0.255 e. The molecule has 23 heavy (non-hydrogen) atoms. The first-order chi connectivity index (χ1) is 10.7. The summed E-state index contributed by atoms with van der Waals surface area (Å²) < 4.78 is 39.7. The van der Waals surface area contributed by atoms with E-state index in [0.717, 1.165) is 30.3 Å². The Bertz CT molecular complexity index is 747. The number of carbonyl (C=O) groups excluding carboxylic acids is 1. The molecule has 7 heteroatoms. The van der Waals surface area contributed by atoms with Crippen LogP contribution in [0.5, 0.6) is 5.75 Å². The summed E-state index contributed by atoms with van der Waals surface area (Å²) >= 11 is 0. The van der Waals surface area contributed by atoms with E-state index in [9.17, 15) is 28.2 Å². The first kappa shape index (κ1) is 16.8. The number of hydrogen-bond donors (Lipinski definition) is 3. The van der Waals surface area contributed by atoms with Gasteiger partial charge in [0.05, 0.1) is 12.1 Å². The standard InChI is InChI=1S/C16H14F3NO3/c1-16(23,12-4-2-10(18)7-13(12)19)8-20-15(22)11-6-9(17)3-5-14(11)21/h2-7,21,23H,8H2,1H3,(H,20,22). The van der Waals surface area contributed by atoms with Gasteiger partial charge in [0, 0.05) is 11.6 Å². The maximum atomic E-state index is 13.7. The van der Waals surface area contributed by atoms with Gasteiger partial charge in [-0.1, -0.05) is 6.07 Å². The minimum atomic E-state index is -1.82. The van der Waals surface area contributed by atoms with Crippen LogP contribution in [-0.2, 0) is 5.60 Å². The summed E-state index contributed by atoms with van der Waals surface area (Å²) in [6.45, 7) is 0.805. The Morgan fingerprint density at radius 3 is 2.39 bits per heavy atom. The average Bonchev–Trinajstić information content (AvgIpc) is 2.47. The van der Waals surface area contributed by atoms with Crippen LogP contribution in [0.3, 0.4) is 0 Å². The Balaban J connectivity index is 2.15. The quantitative estimate of drug-likeness (QED) is 0.809. The van der Waals surface area contributed by atoms with E-state index in [4.69, 9.17) is 0 Å². The highest BCUT2D eigenvalue weighted by molar-refractivity contribution is 5.96. The fourth-order valence-corrected chi connectivity index (χ4v) is 2.06. The Morgan fingerprint density at radius 1 is 1.13 bits per heavy atom. The molecule has 1 atom stereocenters. The van der Waals surface area contributed by atoms with E-state index >= 15 is 0 Å². The lowest BCUT2D eigenvalue weighted by Crippen LogP contribution is -2.39. The number of carbonyl (C=O) groups is 1. The first-order valence-electron chi connectivity index (χ1n) is 6.65. The predicted molar refractivity (Wildman–Crippen MR) is 76.3 cm³/mol. The molecule has 2 aromatic carbocycles. The van der Waals surface area contributed by atoms with Gasteiger partial charge in [-0.2, -0.15) is 0 Å². The summed E-state index contributed by atoms with van der Waals surface area (Å²) in [6.07, 6.45) is 0. The topological polar surface area (TPSA) is 69.6 Å². The van der Waals surface area contributed by atoms with Crippen LogP contribution >= 0.6 is 0 Å². The number of amides is 1. The second kappa shape index (κ2) is 6.29. The number of phenols is 1. The molecular formula is C16H14F3NO3. The highest BCUT2D eigenvalue weighted by Crippen LogP contribution is 2.24. The number of hydrogen-bond acceptors (Lipinski definition) is 3. The zero-order valence-corrected chi connectivity index (χ0v) is 12.1. The van der Waals surface area contributed by atoms with Gasteiger partial charge >= 0.3 is 0 Å². The van der Waals surface area contributed by atoms with Crippen LogP contribution in [0.4, 0.5) is 13.2 Å². The molecule has 1 amide bonds. The summed E-state index contributed by atoms with van der Waals surface area (Å²) in [4.78, 5) is 11.9. The maximum absolute atomic E-state index is 13.7. The van der Waals surface area contributed by atoms with E-state index in [0.29, 0.717) is 6.07 Å². The van der Waals surface area contributed by atoms with Crippen molar-refractivity contribution in [2.75, 3.05) is 6.54 Å². The van der Waals surface area contributed by atoms with Crippen molar-refractivity contribution < 1.29 is 28.2 Å². The number of nitrogens with one attached hydrogen (secondary N) is 1. The van der Waals surface area contributed by atoms with E-state index < -0.39 is 41.3 Å². The molecule has 0 heterocycles. The normalized spacial score (nSPS) is 13.4. The molecule has 4 nitrogen and oxygen atoms in total. The molecule has 0 saturated carbocycles. The first-order valence-corrected chi connectivity index (χ1v) is 6.65. The Hall–Kier alpha value is -2.54. The third kappa shape index (κ3) is 3.81. The van der Waals surface area contributed by atoms with Crippen LogP contribution in [0.15, 0.2) is 36.4 Å². The zero-order valence-electron chi connectivity index (χ0n) is 12.1. The fraction of sp³-hybridized carbons (Fsp3) is 0.188. The van der Waals surface area contributed by atoms with E-state index in [1.807, 2.05) is 0 Å². The van der Waals surface area contributed by atoms with Crippen molar-refractivity contribution in [1.29, 1.82) is 0 Å². The van der Waals surface area contributed by atoms with Crippen molar-refractivity contribution >= 4 is 5.91 Å². The Morgan fingerprint density at radius 2 is 1.74 bits per heavy atom. The molecule has 0 spiro atoms. The molecule has 2 aromatic rings. The summed E-state index contributed by atoms with van der Waals surface area (Å²) in [5.41, 5.74) is -2.35. The lowest BCUT2D eigenvalue weighted by Gasteiger charge is -2.24. The van der Waals surface area contributed by atoms with Crippen molar-refractivity contribution in [3.8, 4) is 5.75 Å². The minimum Gasteiger partial charge on any atom is -0.507 e. The van der Waals surface area contributed by atoms with Crippen LogP contribution < -0.4 is 5.32 Å². The van der Waals surface area contributed by atoms with Crippen LogP contribution in [0.1, 0.15) is 22.8 Å². The summed E-state index contributed by atoms with van der Waals surface area (Å²) in [7, 11) is 0. The highest BCUT2D eigenvalue weighted by atomic mass is 19.1. The number of phenolic OH excluding ortho intramolecular Hbond substituents is 1. The fourth-order valence-electron chi connectivity index (χ4n) is 2.06. The largest absolute Gasteiger partial charge is 0.507 e. The van der Waals surface area contributed by atoms with Crippen molar-refractivity contribution in [2.24, 2.45) is 0 Å². The summed E-state index contributed by atoms with van der Waals surface area (Å²) in [5, 5.41) is 22.1. The van der Waals surface area contributed by atoms with Gasteiger partial charge in [-0.15, -0.1) is 0 Å². The average molecular weight is 325 g/mol. The zero-order chi connectivity index (χ0) is 17.2. The molecule has 0 aliphatic rings. The monoisotopic (exact) mass is 325 g/mol. The molecule has 0 aromatic heterocycles. The number of rotatable bonds is 4. The lowest BCUT2D eigenvalue weighted by atomic mass is 9.95. The summed E-state index contributed by atoms with van der Waals surface area (Å²) in [6, 6.07) is 5.49. The lowest BCUT2D eigenvalue weighted by molar-refractivity contribution is 0.0493. The van der Waals surface area contributed by atoms with Crippen molar-refractivity contribution in [3.05, 3.63) is 65.0 Å². The van der Waals surface area contributed by atoms with Gasteiger partial charge in [0.25, 0.3) is 5.91 Å². The van der Waals surface area contributed by atoms with E-state index in [2.05, 4.69) is 5.32 Å². The Labute approximate surface area is 130 Å². The molecule has 122 valence electrons. The van der Waals surface area contributed by atoms with E-state index in [1.54, 1.807) is 0 Å². The molecule has 1 unspecified atom stereocenters. The van der Waals surface area contributed by atoms with Gasteiger partial charge in [-0.25, -0.2) is 13.2 Å². The predicted octanol–water partition coefficient (Wildman–Crippen LogP) is 2.45. The third-order valence-electron chi connectivity index (χ3n) is 3.31.